The molecule has 0 aliphatic carbocycles. The first kappa shape index (κ1) is 20.5. The van der Waals surface area contributed by atoms with Gasteiger partial charge in [-0.2, -0.15) is 13.2 Å². The van der Waals surface area contributed by atoms with Gasteiger partial charge in [-0.05, 0) is 36.6 Å². The molecule has 1 aliphatic rings. The number of carbonyl (C=O) groups is 2. The number of carbonyl (C=O) groups excluding carboxylic acids is 1. The van der Waals surface area contributed by atoms with Crippen LogP contribution in [0.3, 0.4) is 0 Å². The van der Waals surface area contributed by atoms with Gasteiger partial charge in [-0.25, -0.2) is 9.59 Å². The highest BCUT2D eigenvalue weighted by molar-refractivity contribution is 5.97. The Morgan fingerprint density at radius 3 is 2.48 bits per heavy atom. The number of aliphatic carboxylic acids is 1. The number of nitrogens with one attached hydrogen (secondary N) is 1. The monoisotopic (exact) mass is 432 g/mol. The lowest BCUT2D eigenvalue weighted by Crippen LogP contribution is -2.37. The third kappa shape index (κ3) is 3.49. The topological polar surface area (TPSA) is 99.7 Å². The third-order valence-corrected chi connectivity index (χ3v) is 5.14. The highest BCUT2D eigenvalue weighted by atomic mass is 19.4. The SMILES string of the molecule is C[C@@H]1C(C(=O)O)OC(=O)N1c1ccc2cc(-c3ccccc3C(F)(F)F)[nH]c(=O)c2c1. The maximum Gasteiger partial charge on any atom is 0.417 e. The molecule has 1 fully saturated rings. The van der Waals surface area contributed by atoms with E-state index >= 15 is 0 Å². The smallest absolute Gasteiger partial charge is 0.417 e. The summed E-state index contributed by atoms with van der Waals surface area (Å²) in [6, 6.07) is 9.82. The van der Waals surface area contributed by atoms with Gasteiger partial charge >= 0.3 is 18.2 Å². The lowest BCUT2D eigenvalue weighted by Gasteiger charge is -2.20. The Labute approximate surface area is 172 Å². The molecule has 2 aromatic carbocycles. The number of halogens is 3. The second-order valence-corrected chi connectivity index (χ2v) is 7.08. The maximum atomic E-state index is 13.4. The van der Waals surface area contributed by atoms with Crippen LogP contribution in [0.25, 0.3) is 22.0 Å². The summed E-state index contributed by atoms with van der Waals surface area (Å²) < 4.78 is 44.9. The van der Waals surface area contributed by atoms with E-state index in [2.05, 4.69) is 4.98 Å². The number of carboxylic acid groups (broad SMARTS) is 1. The zero-order chi connectivity index (χ0) is 22.5. The average Bonchev–Trinajstić information content (AvgIpc) is 3.01. The molecule has 1 unspecified atom stereocenters. The number of pyridine rings is 1. The van der Waals surface area contributed by atoms with Gasteiger partial charge < -0.3 is 14.8 Å². The molecule has 2 heterocycles. The number of alkyl halides is 3. The number of H-pyrrole nitrogens is 1. The van der Waals surface area contributed by atoms with Crippen molar-refractivity contribution >= 4 is 28.5 Å². The Kier molecular flexibility index (Phi) is 4.72. The minimum absolute atomic E-state index is 0.00179. The number of hydrogen-bond acceptors (Lipinski definition) is 4. The van der Waals surface area contributed by atoms with Crippen LogP contribution in [0.5, 0.6) is 0 Å². The fourth-order valence-electron chi connectivity index (χ4n) is 3.67. The molecule has 3 aromatic rings. The number of rotatable bonds is 3. The molecule has 2 N–H and O–H groups in total. The molecule has 160 valence electrons. The standard InChI is InChI=1S/C21H15F3N2O5/c1-10-17(19(28)29)31-20(30)26(10)12-7-6-11-8-16(25-18(27)14(11)9-12)13-4-2-3-5-15(13)21(22,23)24/h2-10,17H,1H3,(H,25,27)(H,28,29)/t10-,17?/m1/s1. The van der Waals surface area contributed by atoms with Crippen molar-refractivity contribution in [3.63, 3.8) is 0 Å². The van der Waals surface area contributed by atoms with Crippen molar-refractivity contribution in [2.75, 3.05) is 4.90 Å². The number of nitrogens with zero attached hydrogens (tertiary/aromatic N) is 1. The number of hydrogen-bond donors (Lipinski definition) is 2. The quantitative estimate of drug-likeness (QED) is 0.652. The van der Waals surface area contributed by atoms with Crippen molar-refractivity contribution < 1.29 is 32.6 Å². The summed E-state index contributed by atoms with van der Waals surface area (Å²) in [4.78, 5) is 39.6. The van der Waals surface area contributed by atoms with Crippen LogP contribution in [-0.2, 0) is 15.7 Å². The molecule has 1 aromatic heterocycles. The van der Waals surface area contributed by atoms with Gasteiger partial charge in [0, 0.05) is 22.3 Å². The molecule has 4 rings (SSSR count). The Morgan fingerprint density at radius 1 is 1.13 bits per heavy atom. The molecular weight excluding hydrogens is 417 g/mol. The van der Waals surface area contributed by atoms with E-state index in [0.717, 1.165) is 11.0 Å². The highest BCUT2D eigenvalue weighted by Crippen LogP contribution is 2.37. The summed E-state index contributed by atoms with van der Waals surface area (Å²) in [6.45, 7) is 1.50. The second-order valence-electron chi connectivity index (χ2n) is 7.08. The van der Waals surface area contributed by atoms with Crippen LogP contribution in [0.2, 0.25) is 0 Å². The molecule has 10 heteroatoms. The number of aromatic amines is 1. The molecule has 2 atom stereocenters. The maximum absolute atomic E-state index is 13.4. The van der Waals surface area contributed by atoms with E-state index in [4.69, 9.17) is 9.84 Å². The lowest BCUT2D eigenvalue weighted by molar-refractivity contribution is -0.145. The van der Waals surface area contributed by atoms with E-state index < -0.39 is 41.5 Å². The first-order chi connectivity index (χ1) is 14.6. The van der Waals surface area contributed by atoms with Gasteiger partial charge in [-0.3, -0.25) is 9.69 Å². The number of aromatic nitrogens is 1. The predicted molar refractivity (Wildman–Crippen MR) is 105 cm³/mol. The van der Waals surface area contributed by atoms with E-state index in [9.17, 15) is 27.6 Å². The number of cyclic esters (lactones) is 1. The molecule has 0 spiro atoms. The average molecular weight is 432 g/mol. The van der Waals surface area contributed by atoms with Crippen molar-refractivity contribution in [2.24, 2.45) is 0 Å². The van der Waals surface area contributed by atoms with Gasteiger partial charge in [0.2, 0.25) is 6.10 Å². The lowest BCUT2D eigenvalue weighted by atomic mass is 10.0. The van der Waals surface area contributed by atoms with E-state index in [-0.39, 0.29) is 22.3 Å². The Bertz CT molecular complexity index is 1270. The highest BCUT2D eigenvalue weighted by Gasteiger charge is 2.44. The van der Waals surface area contributed by atoms with Crippen molar-refractivity contribution in [2.45, 2.75) is 25.2 Å². The normalized spacial score (nSPS) is 19.0. The molecule has 31 heavy (non-hydrogen) atoms. The molecule has 1 saturated heterocycles. The Morgan fingerprint density at radius 2 is 1.84 bits per heavy atom. The van der Waals surface area contributed by atoms with Gasteiger partial charge in [-0.15, -0.1) is 0 Å². The first-order valence-corrected chi connectivity index (χ1v) is 9.14. The third-order valence-electron chi connectivity index (χ3n) is 5.14. The zero-order valence-electron chi connectivity index (χ0n) is 15.9. The Balaban J connectivity index is 1.80. The van der Waals surface area contributed by atoms with Crippen LogP contribution in [-0.4, -0.2) is 34.3 Å². The number of benzene rings is 2. The molecule has 0 saturated carbocycles. The number of ether oxygens (including phenoxy) is 1. The zero-order valence-corrected chi connectivity index (χ0v) is 15.9. The fourth-order valence-corrected chi connectivity index (χ4v) is 3.67. The predicted octanol–water partition coefficient (Wildman–Crippen LogP) is 4.01. The second kappa shape index (κ2) is 7.15. The van der Waals surface area contributed by atoms with Crippen LogP contribution in [0, 0.1) is 0 Å². The Hall–Kier alpha value is -3.82. The van der Waals surface area contributed by atoms with Gasteiger partial charge in [-0.1, -0.05) is 24.3 Å². The summed E-state index contributed by atoms with van der Waals surface area (Å²) in [5.74, 6) is -1.30. The summed E-state index contributed by atoms with van der Waals surface area (Å²) in [7, 11) is 0. The molecule has 1 amide bonds. The molecule has 1 aliphatic heterocycles. The van der Waals surface area contributed by atoms with Crippen molar-refractivity contribution in [1.82, 2.24) is 4.98 Å². The number of amides is 1. The van der Waals surface area contributed by atoms with Gasteiger partial charge in [0.25, 0.3) is 5.56 Å². The summed E-state index contributed by atoms with van der Waals surface area (Å²) in [6.07, 6.45) is -6.83. The number of anilines is 1. The van der Waals surface area contributed by atoms with Gasteiger partial charge in [0.05, 0.1) is 11.6 Å². The van der Waals surface area contributed by atoms with E-state index in [0.29, 0.717) is 5.39 Å². The van der Waals surface area contributed by atoms with Crippen molar-refractivity contribution in [1.29, 1.82) is 0 Å². The minimum Gasteiger partial charge on any atom is -0.478 e. The largest absolute Gasteiger partial charge is 0.478 e. The molecule has 0 radical (unpaired) electrons. The van der Waals surface area contributed by atoms with Crippen LogP contribution in [0.15, 0.2) is 53.3 Å². The van der Waals surface area contributed by atoms with Crippen molar-refractivity contribution in [3.05, 3.63) is 64.4 Å². The van der Waals surface area contributed by atoms with Crippen LogP contribution in [0.4, 0.5) is 23.7 Å². The van der Waals surface area contributed by atoms with Gasteiger partial charge in [0.15, 0.2) is 0 Å². The van der Waals surface area contributed by atoms with Crippen molar-refractivity contribution in [3.8, 4) is 11.3 Å². The van der Waals surface area contributed by atoms with Crippen LogP contribution < -0.4 is 10.5 Å². The summed E-state index contributed by atoms with van der Waals surface area (Å²) in [5, 5.41) is 9.65. The van der Waals surface area contributed by atoms with E-state index in [1.807, 2.05) is 0 Å². The summed E-state index contributed by atoms with van der Waals surface area (Å²) in [5.41, 5.74) is -1.46. The summed E-state index contributed by atoms with van der Waals surface area (Å²) >= 11 is 0. The van der Waals surface area contributed by atoms with E-state index in [1.165, 1.54) is 49.4 Å². The number of fused-ring (bicyclic) bond motifs is 1. The van der Waals surface area contributed by atoms with Gasteiger partial charge in [0.1, 0.15) is 0 Å². The van der Waals surface area contributed by atoms with Crippen LogP contribution >= 0.6 is 0 Å². The molecular formula is C21H15F3N2O5. The molecule has 7 nitrogen and oxygen atoms in total. The van der Waals surface area contributed by atoms with Crippen LogP contribution in [0.1, 0.15) is 12.5 Å². The van der Waals surface area contributed by atoms with E-state index in [1.54, 1.807) is 0 Å². The minimum atomic E-state index is -4.60. The fraction of sp³-hybridized carbons (Fsp3) is 0.190. The first-order valence-electron chi connectivity index (χ1n) is 9.14. The number of carboxylic acids is 1. The molecule has 0 bridgehead atoms.